The Bertz CT molecular complexity index is 611. The molecule has 5 heteroatoms. The third kappa shape index (κ3) is 3.77. The van der Waals surface area contributed by atoms with Crippen molar-refractivity contribution >= 4 is 23.6 Å². The Kier molecular flexibility index (Phi) is 5.49. The van der Waals surface area contributed by atoms with Gasteiger partial charge in [-0.2, -0.15) is 11.8 Å². The van der Waals surface area contributed by atoms with Gasteiger partial charge in [0.05, 0.1) is 0 Å². The molecule has 1 aromatic rings. The zero-order chi connectivity index (χ0) is 17.1. The molecule has 1 fully saturated rings. The third-order valence-corrected chi connectivity index (χ3v) is 5.70. The Morgan fingerprint density at radius 2 is 1.83 bits per heavy atom. The minimum absolute atomic E-state index is 0.101. The molecule has 2 aliphatic rings. The summed E-state index contributed by atoms with van der Waals surface area (Å²) in [5.74, 6) is 2.52. The first kappa shape index (κ1) is 17.3. The molecule has 130 valence electrons. The van der Waals surface area contributed by atoms with Crippen LogP contribution in [0.1, 0.15) is 31.4 Å². The number of carbonyl (C=O) groups excluding carboxylic acids is 2. The van der Waals surface area contributed by atoms with Gasteiger partial charge >= 0.3 is 0 Å². The number of rotatable bonds is 3. The van der Waals surface area contributed by atoms with E-state index >= 15 is 0 Å². The van der Waals surface area contributed by atoms with Gasteiger partial charge in [-0.05, 0) is 17.0 Å². The van der Waals surface area contributed by atoms with Crippen molar-refractivity contribution in [2.45, 2.75) is 39.3 Å². The molecule has 0 aliphatic carbocycles. The van der Waals surface area contributed by atoms with E-state index in [1.54, 1.807) is 0 Å². The van der Waals surface area contributed by atoms with Crippen LogP contribution in [0.15, 0.2) is 24.3 Å². The van der Waals surface area contributed by atoms with Crippen LogP contribution in [-0.2, 0) is 22.6 Å². The van der Waals surface area contributed by atoms with E-state index in [0.717, 1.165) is 24.6 Å². The summed E-state index contributed by atoms with van der Waals surface area (Å²) in [6, 6.07) is 7.85. The smallest absolute Gasteiger partial charge is 0.245 e. The van der Waals surface area contributed by atoms with E-state index in [1.165, 1.54) is 11.1 Å². The molecular weight excluding hydrogens is 320 g/mol. The predicted octanol–water partition coefficient (Wildman–Crippen LogP) is 2.56. The number of benzene rings is 1. The second-order valence-electron chi connectivity index (χ2n) is 7.05. The highest BCUT2D eigenvalue weighted by atomic mass is 32.2. The van der Waals surface area contributed by atoms with Crippen LogP contribution in [0, 0.1) is 5.92 Å². The van der Waals surface area contributed by atoms with Crippen molar-refractivity contribution in [3.05, 3.63) is 35.4 Å². The van der Waals surface area contributed by atoms with Gasteiger partial charge in [-0.15, -0.1) is 0 Å². The molecule has 0 spiro atoms. The van der Waals surface area contributed by atoms with E-state index in [1.807, 2.05) is 33.7 Å². The average molecular weight is 346 g/mol. The molecule has 1 atom stereocenters. The first-order valence-electron chi connectivity index (χ1n) is 8.79. The van der Waals surface area contributed by atoms with Gasteiger partial charge in [0.2, 0.25) is 11.8 Å². The quantitative estimate of drug-likeness (QED) is 0.845. The Labute approximate surface area is 148 Å². The maximum absolute atomic E-state index is 13.1. The molecule has 3 rings (SSSR count). The lowest BCUT2D eigenvalue weighted by Crippen LogP contribution is -2.55. The van der Waals surface area contributed by atoms with E-state index in [9.17, 15) is 9.59 Å². The maximum atomic E-state index is 13.1. The summed E-state index contributed by atoms with van der Waals surface area (Å²) >= 11 is 1.89. The van der Waals surface area contributed by atoms with Gasteiger partial charge in [0, 0.05) is 44.0 Å². The molecule has 0 aromatic heterocycles. The van der Waals surface area contributed by atoms with E-state index in [2.05, 4.69) is 26.0 Å². The summed E-state index contributed by atoms with van der Waals surface area (Å²) in [6.07, 6.45) is 1.14. The van der Waals surface area contributed by atoms with Gasteiger partial charge in [0.1, 0.15) is 6.04 Å². The van der Waals surface area contributed by atoms with Crippen molar-refractivity contribution in [1.29, 1.82) is 0 Å². The van der Waals surface area contributed by atoms with Crippen LogP contribution in [0.5, 0.6) is 0 Å². The molecule has 0 saturated carbocycles. The van der Waals surface area contributed by atoms with E-state index in [4.69, 9.17) is 0 Å². The number of amides is 2. The molecule has 2 aliphatic heterocycles. The molecule has 2 heterocycles. The zero-order valence-corrected chi connectivity index (χ0v) is 15.3. The maximum Gasteiger partial charge on any atom is 0.245 e. The lowest BCUT2D eigenvalue weighted by atomic mass is 9.92. The molecule has 24 heavy (non-hydrogen) atoms. The van der Waals surface area contributed by atoms with Crippen molar-refractivity contribution < 1.29 is 9.59 Å². The first-order chi connectivity index (χ1) is 11.6. The number of hydrogen-bond donors (Lipinski definition) is 0. The second-order valence-corrected chi connectivity index (χ2v) is 8.27. The predicted molar refractivity (Wildman–Crippen MR) is 97.8 cm³/mol. The molecule has 4 nitrogen and oxygen atoms in total. The lowest BCUT2D eigenvalue weighted by Gasteiger charge is -2.39. The van der Waals surface area contributed by atoms with Gasteiger partial charge in [-0.1, -0.05) is 38.1 Å². The first-order valence-corrected chi connectivity index (χ1v) is 9.94. The normalized spacial score (nSPS) is 20.9. The zero-order valence-electron chi connectivity index (χ0n) is 14.5. The highest BCUT2D eigenvalue weighted by Crippen LogP contribution is 2.26. The fourth-order valence-corrected chi connectivity index (χ4v) is 4.37. The van der Waals surface area contributed by atoms with Gasteiger partial charge in [-0.25, -0.2) is 0 Å². The van der Waals surface area contributed by atoms with Crippen LogP contribution in [0.25, 0.3) is 0 Å². The molecule has 0 radical (unpaired) electrons. The summed E-state index contributed by atoms with van der Waals surface area (Å²) < 4.78 is 0. The fourth-order valence-electron chi connectivity index (χ4n) is 3.47. The van der Waals surface area contributed by atoms with Crippen molar-refractivity contribution in [2.24, 2.45) is 5.92 Å². The minimum Gasteiger partial charge on any atom is -0.339 e. The van der Waals surface area contributed by atoms with Gasteiger partial charge in [0.15, 0.2) is 0 Å². The van der Waals surface area contributed by atoms with Crippen LogP contribution in [0.3, 0.4) is 0 Å². The van der Waals surface area contributed by atoms with Crippen molar-refractivity contribution in [1.82, 2.24) is 9.80 Å². The Morgan fingerprint density at radius 3 is 2.50 bits per heavy atom. The molecular formula is C19H26N2O2S. The number of fused-ring (bicyclic) bond motifs is 1. The number of hydrogen-bond acceptors (Lipinski definition) is 3. The number of carbonyl (C=O) groups is 2. The van der Waals surface area contributed by atoms with Crippen LogP contribution >= 0.6 is 11.8 Å². The minimum atomic E-state index is -0.339. The van der Waals surface area contributed by atoms with Crippen LogP contribution in [0.2, 0.25) is 0 Å². The fraction of sp³-hybridized carbons (Fsp3) is 0.579. The Hall–Kier alpha value is -1.49. The molecule has 0 bridgehead atoms. The van der Waals surface area contributed by atoms with Gasteiger partial charge < -0.3 is 9.80 Å². The molecule has 1 aromatic carbocycles. The SMILES string of the molecule is CC(C)CC(=O)N1Cc2ccccc2CC1C(=O)N1CCSCC1. The van der Waals surface area contributed by atoms with Crippen LogP contribution < -0.4 is 0 Å². The van der Waals surface area contributed by atoms with E-state index in [0.29, 0.717) is 25.3 Å². The molecule has 2 amide bonds. The van der Waals surface area contributed by atoms with Gasteiger partial charge in [0.25, 0.3) is 0 Å². The standard InChI is InChI=1S/C19H26N2O2S/c1-14(2)11-18(22)21-13-16-6-4-3-5-15(16)12-17(21)19(23)20-7-9-24-10-8-20/h3-6,14,17H,7-13H2,1-2H3. The summed E-state index contributed by atoms with van der Waals surface area (Å²) in [7, 11) is 0. The number of thioether (sulfide) groups is 1. The molecule has 0 N–H and O–H groups in total. The van der Waals surface area contributed by atoms with Crippen LogP contribution in [-0.4, -0.2) is 52.3 Å². The highest BCUT2D eigenvalue weighted by Gasteiger charge is 2.37. The average Bonchev–Trinajstić information content (AvgIpc) is 2.60. The Morgan fingerprint density at radius 1 is 1.17 bits per heavy atom. The van der Waals surface area contributed by atoms with Gasteiger partial charge in [-0.3, -0.25) is 9.59 Å². The molecule has 1 saturated heterocycles. The topological polar surface area (TPSA) is 40.6 Å². The van der Waals surface area contributed by atoms with Crippen molar-refractivity contribution in [2.75, 3.05) is 24.6 Å². The monoisotopic (exact) mass is 346 g/mol. The van der Waals surface area contributed by atoms with E-state index < -0.39 is 0 Å². The largest absolute Gasteiger partial charge is 0.339 e. The lowest BCUT2D eigenvalue weighted by molar-refractivity contribution is -0.147. The third-order valence-electron chi connectivity index (χ3n) is 4.76. The number of nitrogens with zero attached hydrogens (tertiary/aromatic N) is 2. The van der Waals surface area contributed by atoms with Crippen molar-refractivity contribution in [3.8, 4) is 0 Å². The summed E-state index contributed by atoms with van der Waals surface area (Å²) in [5, 5.41) is 0. The van der Waals surface area contributed by atoms with Crippen molar-refractivity contribution in [3.63, 3.8) is 0 Å². The molecule has 1 unspecified atom stereocenters. The Balaban J connectivity index is 1.84. The van der Waals surface area contributed by atoms with E-state index in [-0.39, 0.29) is 17.9 Å². The summed E-state index contributed by atoms with van der Waals surface area (Å²) in [4.78, 5) is 29.6. The summed E-state index contributed by atoms with van der Waals surface area (Å²) in [5.41, 5.74) is 2.38. The highest BCUT2D eigenvalue weighted by molar-refractivity contribution is 7.99. The van der Waals surface area contributed by atoms with Crippen LogP contribution in [0.4, 0.5) is 0 Å². The summed E-state index contributed by atoms with van der Waals surface area (Å²) in [6.45, 7) is 6.26. The second kappa shape index (κ2) is 7.60.